The molecular formula is C13H17BrClF. The summed E-state index contributed by atoms with van der Waals surface area (Å²) in [5.41, 5.74) is 1.08. The molecular weight excluding hydrogens is 290 g/mol. The molecule has 0 spiro atoms. The van der Waals surface area contributed by atoms with Gasteiger partial charge in [-0.1, -0.05) is 29.8 Å². The van der Waals surface area contributed by atoms with Gasteiger partial charge in [-0.2, -0.15) is 0 Å². The molecule has 0 radical (unpaired) electrons. The summed E-state index contributed by atoms with van der Waals surface area (Å²) in [6.45, 7) is 6.30. The monoisotopic (exact) mass is 306 g/mol. The number of halogens is 3. The topological polar surface area (TPSA) is 0 Å². The second kappa shape index (κ2) is 5.50. The zero-order chi connectivity index (χ0) is 12.3. The van der Waals surface area contributed by atoms with E-state index in [0.717, 1.165) is 22.9 Å². The number of hydrogen-bond donors (Lipinski definition) is 0. The van der Waals surface area contributed by atoms with Crippen LogP contribution in [0.4, 0.5) is 4.39 Å². The Kier molecular flexibility index (Phi) is 4.81. The third-order valence-electron chi connectivity index (χ3n) is 2.51. The molecule has 0 aliphatic rings. The zero-order valence-electron chi connectivity index (χ0n) is 9.86. The van der Waals surface area contributed by atoms with Gasteiger partial charge >= 0.3 is 0 Å². The SMILES string of the molecule is CC(Cl)CC(C)(C)Cc1cc(F)ccc1Br. The van der Waals surface area contributed by atoms with Gasteiger partial charge in [0.15, 0.2) is 0 Å². The van der Waals surface area contributed by atoms with E-state index in [1.54, 1.807) is 12.1 Å². The lowest BCUT2D eigenvalue weighted by atomic mass is 9.82. The third-order valence-corrected chi connectivity index (χ3v) is 3.44. The van der Waals surface area contributed by atoms with E-state index in [1.165, 1.54) is 6.07 Å². The van der Waals surface area contributed by atoms with E-state index in [1.807, 2.05) is 6.92 Å². The molecule has 0 N–H and O–H groups in total. The minimum absolute atomic E-state index is 0.0808. The van der Waals surface area contributed by atoms with E-state index in [-0.39, 0.29) is 16.6 Å². The van der Waals surface area contributed by atoms with Gasteiger partial charge in [-0.25, -0.2) is 4.39 Å². The van der Waals surface area contributed by atoms with Crippen LogP contribution in [0, 0.1) is 11.2 Å². The average Bonchev–Trinajstić information content (AvgIpc) is 2.08. The van der Waals surface area contributed by atoms with Gasteiger partial charge < -0.3 is 0 Å². The van der Waals surface area contributed by atoms with Crippen molar-refractivity contribution in [3.8, 4) is 0 Å². The predicted molar refractivity (Wildman–Crippen MR) is 71.5 cm³/mol. The van der Waals surface area contributed by atoms with Crippen LogP contribution in [0.15, 0.2) is 22.7 Å². The van der Waals surface area contributed by atoms with Gasteiger partial charge in [0.25, 0.3) is 0 Å². The van der Waals surface area contributed by atoms with Crippen LogP contribution >= 0.6 is 27.5 Å². The molecule has 0 saturated carbocycles. The first-order valence-electron chi connectivity index (χ1n) is 5.38. The molecule has 0 bridgehead atoms. The van der Waals surface area contributed by atoms with Crippen molar-refractivity contribution in [3.05, 3.63) is 34.1 Å². The van der Waals surface area contributed by atoms with Crippen molar-refractivity contribution in [2.75, 3.05) is 0 Å². The van der Waals surface area contributed by atoms with Crippen LogP contribution in [-0.2, 0) is 6.42 Å². The van der Waals surface area contributed by atoms with Crippen LogP contribution in [0.2, 0.25) is 0 Å². The van der Waals surface area contributed by atoms with Crippen LogP contribution in [-0.4, -0.2) is 5.38 Å². The molecule has 1 rings (SSSR count). The fraction of sp³-hybridized carbons (Fsp3) is 0.538. The molecule has 1 unspecified atom stereocenters. The highest BCUT2D eigenvalue weighted by Crippen LogP contribution is 2.32. The molecule has 0 heterocycles. The van der Waals surface area contributed by atoms with Crippen molar-refractivity contribution < 1.29 is 4.39 Å². The fourth-order valence-electron chi connectivity index (χ4n) is 2.03. The standard InChI is InChI=1S/C13H17BrClF/c1-9(15)7-13(2,3)8-10-6-11(16)4-5-12(10)14/h4-6,9H,7-8H2,1-3H3. The minimum atomic E-state index is -0.187. The van der Waals surface area contributed by atoms with E-state index in [4.69, 9.17) is 11.6 Å². The number of hydrogen-bond acceptors (Lipinski definition) is 0. The van der Waals surface area contributed by atoms with Gasteiger partial charge in [0.05, 0.1) is 0 Å². The van der Waals surface area contributed by atoms with Gasteiger partial charge in [0.2, 0.25) is 0 Å². The molecule has 0 aliphatic carbocycles. The second-order valence-electron chi connectivity index (χ2n) is 5.06. The summed E-state index contributed by atoms with van der Waals surface area (Å²) in [5.74, 6) is -0.187. The minimum Gasteiger partial charge on any atom is -0.207 e. The van der Waals surface area contributed by atoms with Crippen LogP contribution < -0.4 is 0 Å². The third kappa shape index (κ3) is 4.42. The molecule has 0 aromatic heterocycles. The maximum absolute atomic E-state index is 13.1. The summed E-state index contributed by atoms with van der Waals surface area (Å²) >= 11 is 9.46. The molecule has 16 heavy (non-hydrogen) atoms. The Balaban J connectivity index is 2.82. The number of alkyl halides is 1. The van der Waals surface area contributed by atoms with Crippen molar-refractivity contribution >= 4 is 27.5 Å². The van der Waals surface area contributed by atoms with E-state index in [2.05, 4.69) is 29.8 Å². The van der Waals surface area contributed by atoms with Crippen molar-refractivity contribution in [3.63, 3.8) is 0 Å². The van der Waals surface area contributed by atoms with Crippen LogP contribution in [0.1, 0.15) is 32.8 Å². The molecule has 0 aliphatic heterocycles. The first-order chi connectivity index (χ1) is 7.30. The molecule has 0 amide bonds. The summed E-state index contributed by atoms with van der Waals surface area (Å²) in [6, 6.07) is 4.81. The van der Waals surface area contributed by atoms with Crippen molar-refractivity contribution in [2.45, 2.75) is 39.0 Å². The lowest BCUT2D eigenvalue weighted by Crippen LogP contribution is -2.19. The average molecular weight is 308 g/mol. The van der Waals surface area contributed by atoms with Crippen LogP contribution in [0.25, 0.3) is 0 Å². The molecule has 3 heteroatoms. The Bertz CT molecular complexity index is 361. The number of rotatable bonds is 4. The highest BCUT2D eigenvalue weighted by Gasteiger charge is 2.22. The molecule has 0 saturated heterocycles. The summed E-state index contributed by atoms with van der Waals surface area (Å²) in [7, 11) is 0. The second-order valence-corrected chi connectivity index (χ2v) is 6.66. The summed E-state index contributed by atoms with van der Waals surface area (Å²) in [6.07, 6.45) is 1.74. The fourth-order valence-corrected chi connectivity index (χ4v) is 2.83. The van der Waals surface area contributed by atoms with Gasteiger partial charge in [0, 0.05) is 9.85 Å². The zero-order valence-corrected chi connectivity index (χ0v) is 12.2. The smallest absolute Gasteiger partial charge is 0.123 e. The molecule has 1 aromatic rings. The largest absolute Gasteiger partial charge is 0.207 e. The number of benzene rings is 1. The Morgan fingerprint density at radius 2 is 2.06 bits per heavy atom. The summed E-state index contributed by atoms with van der Waals surface area (Å²) in [5, 5.41) is 0.141. The molecule has 0 nitrogen and oxygen atoms in total. The highest BCUT2D eigenvalue weighted by molar-refractivity contribution is 9.10. The van der Waals surface area contributed by atoms with Crippen molar-refractivity contribution in [1.82, 2.24) is 0 Å². The first-order valence-corrected chi connectivity index (χ1v) is 6.61. The van der Waals surface area contributed by atoms with Gasteiger partial charge in [-0.05, 0) is 48.9 Å². The van der Waals surface area contributed by atoms with Crippen LogP contribution in [0.3, 0.4) is 0 Å². The molecule has 90 valence electrons. The molecule has 1 aromatic carbocycles. The normalized spacial score (nSPS) is 13.9. The van der Waals surface area contributed by atoms with E-state index >= 15 is 0 Å². The lowest BCUT2D eigenvalue weighted by Gasteiger charge is -2.26. The van der Waals surface area contributed by atoms with Crippen LogP contribution in [0.5, 0.6) is 0 Å². The van der Waals surface area contributed by atoms with E-state index < -0.39 is 0 Å². The molecule has 0 fully saturated rings. The van der Waals surface area contributed by atoms with Gasteiger partial charge in [0.1, 0.15) is 5.82 Å². The Labute approximate surface area is 110 Å². The maximum atomic E-state index is 13.1. The summed E-state index contributed by atoms with van der Waals surface area (Å²) in [4.78, 5) is 0. The molecule has 1 atom stereocenters. The van der Waals surface area contributed by atoms with Gasteiger partial charge in [-0.3, -0.25) is 0 Å². The summed E-state index contributed by atoms with van der Waals surface area (Å²) < 4.78 is 14.1. The van der Waals surface area contributed by atoms with Gasteiger partial charge in [-0.15, -0.1) is 11.6 Å². The first kappa shape index (κ1) is 14.0. The Morgan fingerprint density at radius 3 is 2.62 bits per heavy atom. The Hall–Kier alpha value is -0.0800. The predicted octanol–water partition coefficient (Wildman–Crippen LogP) is 5.17. The van der Waals surface area contributed by atoms with Crippen molar-refractivity contribution in [2.24, 2.45) is 5.41 Å². The van der Waals surface area contributed by atoms with Crippen molar-refractivity contribution in [1.29, 1.82) is 0 Å². The quantitative estimate of drug-likeness (QED) is 0.673. The lowest BCUT2D eigenvalue weighted by molar-refractivity contribution is 0.330. The maximum Gasteiger partial charge on any atom is 0.123 e. The van der Waals surface area contributed by atoms with E-state index in [9.17, 15) is 4.39 Å². The highest BCUT2D eigenvalue weighted by atomic mass is 79.9. The Morgan fingerprint density at radius 1 is 1.44 bits per heavy atom. The van der Waals surface area contributed by atoms with E-state index in [0.29, 0.717) is 0 Å².